The maximum atomic E-state index is 13.7. The number of rotatable bonds is 10. The molecule has 0 spiro atoms. The van der Waals surface area contributed by atoms with Crippen LogP contribution in [0.4, 0.5) is 10.3 Å². The van der Waals surface area contributed by atoms with Crippen molar-refractivity contribution in [3.63, 3.8) is 0 Å². The summed E-state index contributed by atoms with van der Waals surface area (Å²) in [5.41, 5.74) is 0.388. The van der Waals surface area contributed by atoms with Crippen LogP contribution in [0.5, 0.6) is 11.5 Å². The fourth-order valence-electron chi connectivity index (χ4n) is 4.02. The van der Waals surface area contributed by atoms with Crippen molar-refractivity contribution in [2.45, 2.75) is 43.2 Å². The minimum atomic E-state index is -4.13. The highest BCUT2D eigenvalue weighted by atomic mass is 35.5. The van der Waals surface area contributed by atoms with E-state index in [0.29, 0.717) is 28.0 Å². The molecule has 1 aliphatic rings. The highest BCUT2D eigenvalue weighted by Crippen LogP contribution is 2.43. The van der Waals surface area contributed by atoms with Gasteiger partial charge < -0.3 is 14.2 Å². The van der Waals surface area contributed by atoms with Gasteiger partial charge in [0.05, 0.1) is 19.2 Å². The monoisotopic (exact) mass is 540 g/mol. The zero-order valence-electron chi connectivity index (χ0n) is 20.1. The molecule has 2 heterocycles. The Labute approximate surface area is 213 Å². The molecule has 2 atom stereocenters. The third kappa shape index (κ3) is 4.95. The third-order valence-corrected chi connectivity index (χ3v) is 7.95. The molecule has 1 N–H and O–H groups in total. The molecule has 1 aromatic carbocycles. The van der Waals surface area contributed by atoms with Crippen LogP contribution >= 0.6 is 11.6 Å². The highest BCUT2D eigenvalue weighted by molar-refractivity contribution is 7.93. The summed E-state index contributed by atoms with van der Waals surface area (Å²) < 4.78 is 61.1. The third-order valence-electron chi connectivity index (χ3n) is 6.06. The molecule has 4 rings (SSSR count). The fraction of sp³-hybridized carbons (Fsp3) is 0.455. The molecule has 2 aromatic heterocycles. The van der Waals surface area contributed by atoms with E-state index >= 15 is 0 Å². The van der Waals surface area contributed by atoms with E-state index in [1.807, 2.05) is 0 Å². The maximum Gasteiger partial charge on any atom is 0.243 e. The predicted octanol–water partition coefficient (Wildman–Crippen LogP) is 3.46. The largest absolute Gasteiger partial charge is 0.494 e. The summed E-state index contributed by atoms with van der Waals surface area (Å²) >= 11 is 5.86. The Morgan fingerprint density at radius 1 is 1.11 bits per heavy atom. The first-order chi connectivity index (χ1) is 17.2. The zero-order valence-corrected chi connectivity index (χ0v) is 21.6. The van der Waals surface area contributed by atoms with Crippen LogP contribution in [0.25, 0.3) is 5.69 Å². The van der Waals surface area contributed by atoms with Gasteiger partial charge in [-0.05, 0) is 31.9 Å². The van der Waals surface area contributed by atoms with Crippen molar-refractivity contribution in [3.8, 4) is 17.2 Å². The Kier molecular flexibility index (Phi) is 7.62. The highest BCUT2D eigenvalue weighted by Gasteiger charge is 2.38. The number of benzene rings is 1. The molecule has 0 unspecified atom stereocenters. The van der Waals surface area contributed by atoms with Gasteiger partial charge in [-0.15, -0.1) is 10.2 Å². The average Bonchev–Trinajstić information content (AvgIpc) is 3.24. The van der Waals surface area contributed by atoms with Gasteiger partial charge in [-0.2, -0.15) is 0 Å². The number of hydrogen-bond donors (Lipinski definition) is 1. The molecule has 3 aromatic rings. The van der Waals surface area contributed by atoms with E-state index in [2.05, 4.69) is 24.9 Å². The van der Waals surface area contributed by atoms with Crippen molar-refractivity contribution in [2.75, 3.05) is 26.1 Å². The quantitative estimate of drug-likeness (QED) is 0.410. The van der Waals surface area contributed by atoms with Gasteiger partial charge in [0, 0.05) is 25.4 Å². The number of methoxy groups -OCH3 is 3. The summed E-state index contributed by atoms with van der Waals surface area (Å²) in [6.07, 6.45) is 1.25. The lowest BCUT2D eigenvalue weighted by Crippen LogP contribution is -2.33. The molecule has 1 aliphatic carbocycles. The molecular weight excluding hydrogens is 515 g/mol. The predicted molar refractivity (Wildman–Crippen MR) is 130 cm³/mol. The van der Waals surface area contributed by atoms with Crippen LogP contribution in [0.3, 0.4) is 0 Å². The first-order valence-corrected chi connectivity index (χ1v) is 12.9. The van der Waals surface area contributed by atoms with Crippen molar-refractivity contribution < 1.29 is 27.0 Å². The average molecular weight is 541 g/mol. The minimum absolute atomic E-state index is 0.103. The van der Waals surface area contributed by atoms with E-state index in [4.69, 9.17) is 25.8 Å². The van der Waals surface area contributed by atoms with Gasteiger partial charge in [0.2, 0.25) is 16.0 Å². The van der Waals surface area contributed by atoms with E-state index in [1.165, 1.54) is 45.2 Å². The smallest absolute Gasteiger partial charge is 0.243 e. The van der Waals surface area contributed by atoms with E-state index < -0.39 is 27.5 Å². The van der Waals surface area contributed by atoms with Crippen molar-refractivity contribution in [1.82, 2.24) is 24.7 Å². The number of halogens is 2. The van der Waals surface area contributed by atoms with Gasteiger partial charge >= 0.3 is 0 Å². The van der Waals surface area contributed by atoms with Crippen LogP contribution in [-0.4, -0.2) is 65.9 Å². The lowest BCUT2D eigenvalue weighted by atomic mass is 9.83. The number of nitrogens with one attached hydrogen (secondary N) is 1. The van der Waals surface area contributed by atoms with E-state index in [9.17, 15) is 12.8 Å². The van der Waals surface area contributed by atoms with Crippen molar-refractivity contribution >= 4 is 27.6 Å². The summed E-state index contributed by atoms with van der Waals surface area (Å²) in [5, 5.41) is 7.48. The first-order valence-electron chi connectivity index (χ1n) is 11.0. The Morgan fingerprint density at radius 3 is 2.25 bits per heavy atom. The Morgan fingerprint density at radius 2 is 1.72 bits per heavy atom. The summed E-state index contributed by atoms with van der Waals surface area (Å²) in [6, 6.07) is 5.12. The molecule has 11 nitrogen and oxygen atoms in total. The molecule has 0 aliphatic heterocycles. The van der Waals surface area contributed by atoms with Crippen LogP contribution in [0.15, 0.2) is 30.6 Å². The second kappa shape index (κ2) is 10.5. The normalized spacial score (nSPS) is 19.3. The molecule has 0 amide bonds. The molecule has 0 bridgehead atoms. The number of alkyl halides is 1. The van der Waals surface area contributed by atoms with Gasteiger partial charge in [0.25, 0.3) is 0 Å². The molecular formula is C22H26ClFN6O5S. The summed E-state index contributed by atoms with van der Waals surface area (Å²) in [6.45, 7) is 1.46. The fourth-order valence-corrected chi connectivity index (χ4v) is 5.25. The first kappa shape index (κ1) is 26.0. The van der Waals surface area contributed by atoms with E-state index in [1.54, 1.807) is 18.2 Å². The lowest BCUT2D eigenvalue weighted by Gasteiger charge is -2.29. The summed E-state index contributed by atoms with van der Waals surface area (Å²) in [5.74, 6) is 0.965. The number of anilines is 1. The molecule has 194 valence electrons. The van der Waals surface area contributed by atoms with Gasteiger partial charge in [0.15, 0.2) is 5.82 Å². The molecule has 1 saturated carbocycles. The molecule has 1 fully saturated rings. The molecule has 0 saturated heterocycles. The van der Waals surface area contributed by atoms with Crippen LogP contribution in [0.2, 0.25) is 5.02 Å². The standard InChI is InChI=1S/C22H26ClFN6O5S/c1-12(19(35-4)20-25-10-14(23)11-26-20)36(31,32)29-22-28-27-21(13-8-15(24)9-13)30(22)18-16(33-2)6-5-7-17(18)34-3/h5-7,10-13,15,19H,8-9H2,1-4H3,(H,28,29)/t12-,13?,15?,19-/m0/s1. The van der Waals surface area contributed by atoms with Gasteiger partial charge in [-0.3, -0.25) is 9.29 Å². The molecule has 36 heavy (non-hydrogen) atoms. The Hall–Kier alpha value is -3.03. The van der Waals surface area contributed by atoms with Crippen LogP contribution in [0, 0.1) is 0 Å². The van der Waals surface area contributed by atoms with E-state index in [-0.39, 0.29) is 30.5 Å². The Bertz CT molecular complexity index is 1290. The number of para-hydroxylation sites is 1. The SMILES string of the molecule is COc1cccc(OC)c1-n1c(NS(=O)(=O)[C@@H](C)[C@H](OC)c2ncc(Cl)cn2)nnc1C1CC(F)C1. The second-order valence-corrected chi connectivity index (χ2v) is 10.7. The topological polar surface area (TPSA) is 130 Å². The Balaban J connectivity index is 1.76. The van der Waals surface area contributed by atoms with Gasteiger partial charge in [-0.25, -0.2) is 22.8 Å². The lowest BCUT2D eigenvalue weighted by molar-refractivity contribution is 0.0950. The van der Waals surface area contributed by atoms with Crippen molar-refractivity contribution in [3.05, 3.63) is 47.3 Å². The number of ether oxygens (including phenoxy) is 3. The van der Waals surface area contributed by atoms with Crippen molar-refractivity contribution in [2.24, 2.45) is 0 Å². The van der Waals surface area contributed by atoms with Crippen LogP contribution in [0.1, 0.15) is 43.4 Å². The number of aromatic nitrogens is 5. The zero-order chi connectivity index (χ0) is 26.0. The van der Waals surface area contributed by atoms with Gasteiger partial charge in [0.1, 0.15) is 40.5 Å². The van der Waals surface area contributed by atoms with Crippen LogP contribution < -0.4 is 14.2 Å². The summed E-state index contributed by atoms with van der Waals surface area (Å²) in [7, 11) is 0.182. The van der Waals surface area contributed by atoms with Gasteiger partial charge in [-0.1, -0.05) is 17.7 Å². The second-order valence-electron chi connectivity index (χ2n) is 8.26. The molecule has 14 heteroatoms. The maximum absolute atomic E-state index is 13.7. The number of nitrogens with zero attached hydrogens (tertiary/aromatic N) is 5. The van der Waals surface area contributed by atoms with Crippen molar-refractivity contribution in [1.29, 1.82) is 0 Å². The molecule has 0 radical (unpaired) electrons. The summed E-state index contributed by atoms with van der Waals surface area (Å²) in [4.78, 5) is 8.19. The van der Waals surface area contributed by atoms with E-state index in [0.717, 1.165) is 0 Å². The number of sulfonamides is 1. The minimum Gasteiger partial charge on any atom is -0.494 e. The van der Waals surface area contributed by atoms with Crippen LogP contribution in [-0.2, 0) is 14.8 Å². The number of hydrogen-bond acceptors (Lipinski definition) is 9.